The molecule has 0 aromatic rings. The number of nitrogens with one attached hydrogen (secondary N) is 2. The highest BCUT2D eigenvalue weighted by Crippen LogP contribution is 2.65. The summed E-state index contributed by atoms with van der Waals surface area (Å²) in [6.07, 6.45) is 3.74. The van der Waals surface area contributed by atoms with E-state index in [0.29, 0.717) is 18.0 Å². The first-order chi connectivity index (χ1) is 8.56. The van der Waals surface area contributed by atoms with Crippen LogP contribution in [0.15, 0.2) is 0 Å². The third kappa shape index (κ3) is 2.54. The molecule has 1 amide bonds. The molecule has 3 atom stereocenters. The Morgan fingerprint density at radius 2 is 1.89 bits per heavy atom. The van der Waals surface area contributed by atoms with Gasteiger partial charge in [-0.05, 0) is 56.8 Å². The molecule has 2 saturated carbocycles. The van der Waals surface area contributed by atoms with Crippen molar-refractivity contribution in [1.29, 1.82) is 0 Å². The molecule has 2 aliphatic rings. The predicted octanol–water partition coefficient (Wildman–Crippen LogP) is 2.71. The Bertz CT molecular complexity index is 369. The third-order valence-electron chi connectivity index (χ3n) is 5.91. The molecule has 19 heavy (non-hydrogen) atoms. The molecule has 2 fully saturated rings. The van der Waals surface area contributed by atoms with E-state index in [1.165, 1.54) is 12.8 Å². The Morgan fingerprint density at radius 3 is 2.32 bits per heavy atom. The Kier molecular flexibility index (Phi) is 3.49. The third-order valence-corrected chi connectivity index (χ3v) is 5.91. The highest BCUT2D eigenvalue weighted by molar-refractivity contribution is 5.78. The van der Waals surface area contributed by atoms with Crippen LogP contribution < -0.4 is 10.6 Å². The van der Waals surface area contributed by atoms with Crippen LogP contribution >= 0.6 is 0 Å². The molecule has 2 bridgehead atoms. The summed E-state index contributed by atoms with van der Waals surface area (Å²) < 4.78 is 0. The summed E-state index contributed by atoms with van der Waals surface area (Å²) in [7, 11) is 0. The van der Waals surface area contributed by atoms with E-state index in [0.717, 1.165) is 12.3 Å². The van der Waals surface area contributed by atoms with E-state index in [2.05, 4.69) is 52.2 Å². The molecule has 0 heterocycles. The molecule has 110 valence electrons. The van der Waals surface area contributed by atoms with Gasteiger partial charge in [-0.15, -0.1) is 0 Å². The number of hydrogen-bond acceptors (Lipinski definition) is 2. The molecule has 0 spiro atoms. The van der Waals surface area contributed by atoms with Gasteiger partial charge in [-0.2, -0.15) is 0 Å². The van der Waals surface area contributed by atoms with Crippen molar-refractivity contribution in [2.24, 2.45) is 16.7 Å². The smallest absolute Gasteiger partial charge is 0.234 e. The van der Waals surface area contributed by atoms with Crippen LogP contribution in [-0.2, 0) is 4.79 Å². The van der Waals surface area contributed by atoms with Crippen LogP contribution in [-0.4, -0.2) is 24.0 Å². The second-order valence-electron chi connectivity index (χ2n) is 8.33. The Balaban J connectivity index is 1.93. The van der Waals surface area contributed by atoms with Gasteiger partial charge in [0.2, 0.25) is 5.91 Å². The van der Waals surface area contributed by atoms with Crippen molar-refractivity contribution >= 4 is 5.91 Å². The number of fused-ring (bicyclic) bond motifs is 2. The average Bonchev–Trinajstić information content (AvgIpc) is 2.58. The maximum Gasteiger partial charge on any atom is 0.234 e. The zero-order valence-electron chi connectivity index (χ0n) is 13.4. The van der Waals surface area contributed by atoms with Gasteiger partial charge in [0.25, 0.3) is 0 Å². The molecule has 3 heteroatoms. The minimum atomic E-state index is -0.00477. The van der Waals surface area contributed by atoms with Crippen LogP contribution in [0.5, 0.6) is 0 Å². The van der Waals surface area contributed by atoms with Crippen LogP contribution in [0.4, 0.5) is 0 Å². The van der Waals surface area contributed by atoms with Crippen LogP contribution in [0, 0.1) is 16.7 Å². The summed E-state index contributed by atoms with van der Waals surface area (Å²) in [6.45, 7) is 13.8. The van der Waals surface area contributed by atoms with Gasteiger partial charge < -0.3 is 10.6 Å². The number of amides is 1. The lowest BCUT2D eigenvalue weighted by molar-refractivity contribution is -0.122. The summed E-state index contributed by atoms with van der Waals surface area (Å²) in [4.78, 5) is 12.1. The van der Waals surface area contributed by atoms with E-state index in [-0.39, 0.29) is 16.9 Å². The zero-order valence-corrected chi connectivity index (χ0v) is 13.4. The quantitative estimate of drug-likeness (QED) is 0.824. The van der Waals surface area contributed by atoms with Gasteiger partial charge in [0, 0.05) is 11.6 Å². The molecule has 0 radical (unpaired) electrons. The van der Waals surface area contributed by atoms with Gasteiger partial charge in [0.1, 0.15) is 0 Å². The normalized spacial score (nSPS) is 36.5. The van der Waals surface area contributed by atoms with Crippen LogP contribution in [0.25, 0.3) is 0 Å². The molecule has 3 unspecified atom stereocenters. The van der Waals surface area contributed by atoms with Gasteiger partial charge in [-0.25, -0.2) is 0 Å². The largest absolute Gasteiger partial charge is 0.352 e. The Hall–Kier alpha value is -0.570. The Labute approximate surface area is 117 Å². The molecule has 2 rings (SSSR count). The van der Waals surface area contributed by atoms with Gasteiger partial charge in [-0.3, -0.25) is 4.79 Å². The lowest BCUT2D eigenvalue weighted by atomic mass is 9.69. The maximum absolute atomic E-state index is 12.1. The highest BCUT2D eigenvalue weighted by atomic mass is 16.2. The summed E-state index contributed by atoms with van der Waals surface area (Å²) in [5.74, 6) is 0.919. The van der Waals surface area contributed by atoms with Crippen molar-refractivity contribution in [3.05, 3.63) is 0 Å². The fourth-order valence-electron chi connectivity index (χ4n) is 4.01. The highest BCUT2D eigenvalue weighted by Gasteiger charge is 2.61. The number of carbonyl (C=O) groups is 1. The second kappa shape index (κ2) is 4.47. The summed E-state index contributed by atoms with van der Waals surface area (Å²) in [5.41, 5.74) is 0.632. The number of carbonyl (C=O) groups excluding carboxylic acids is 1. The zero-order chi connectivity index (χ0) is 14.5. The molecule has 0 aliphatic heterocycles. The fraction of sp³-hybridized carbons (Fsp3) is 0.938. The Morgan fingerprint density at radius 1 is 1.26 bits per heavy atom. The topological polar surface area (TPSA) is 41.1 Å². The predicted molar refractivity (Wildman–Crippen MR) is 78.9 cm³/mol. The minimum Gasteiger partial charge on any atom is -0.352 e. The van der Waals surface area contributed by atoms with E-state index >= 15 is 0 Å². The van der Waals surface area contributed by atoms with Crippen molar-refractivity contribution < 1.29 is 4.79 Å². The van der Waals surface area contributed by atoms with Crippen LogP contribution in [0.2, 0.25) is 0 Å². The van der Waals surface area contributed by atoms with E-state index in [1.807, 2.05) is 0 Å². The summed E-state index contributed by atoms with van der Waals surface area (Å²) in [6, 6.07) is 0.357. The van der Waals surface area contributed by atoms with Crippen molar-refractivity contribution in [3.8, 4) is 0 Å². The molecular weight excluding hydrogens is 236 g/mol. The van der Waals surface area contributed by atoms with E-state index in [9.17, 15) is 4.79 Å². The molecule has 2 aliphatic carbocycles. The first kappa shape index (κ1) is 14.8. The first-order valence-electron chi connectivity index (χ1n) is 7.61. The standard InChI is InChI=1S/C16H30N2O/c1-14(2,3)17-10-13(19)18-12-9-11-7-8-16(12,6)15(11,4)5/h11-12,17H,7-10H2,1-6H3,(H,18,19). The summed E-state index contributed by atoms with van der Waals surface area (Å²) in [5, 5.41) is 6.54. The fourth-order valence-corrected chi connectivity index (χ4v) is 4.01. The number of rotatable bonds is 3. The minimum absolute atomic E-state index is 0.00477. The molecule has 0 saturated heterocycles. The van der Waals surface area contributed by atoms with E-state index in [1.54, 1.807) is 0 Å². The SMILES string of the molecule is CC(C)(C)NCC(=O)NC1CC2CCC1(C)C2(C)C. The van der Waals surface area contributed by atoms with Gasteiger partial charge in [0.05, 0.1) is 6.54 Å². The molecule has 3 nitrogen and oxygen atoms in total. The van der Waals surface area contributed by atoms with E-state index < -0.39 is 0 Å². The van der Waals surface area contributed by atoms with Crippen LogP contribution in [0.1, 0.15) is 60.8 Å². The van der Waals surface area contributed by atoms with Gasteiger partial charge in [-0.1, -0.05) is 20.8 Å². The van der Waals surface area contributed by atoms with Crippen LogP contribution in [0.3, 0.4) is 0 Å². The second-order valence-corrected chi connectivity index (χ2v) is 8.33. The lowest BCUT2D eigenvalue weighted by Crippen LogP contribution is -2.51. The van der Waals surface area contributed by atoms with Crippen molar-refractivity contribution in [2.75, 3.05) is 6.54 Å². The van der Waals surface area contributed by atoms with Gasteiger partial charge in [0.15, 0.2) is 0 Å². The van der Waals surface area contributed by atoms with Crippen molar-refractivity contribution in [1.82, 2.24) is 10.6 Å². The molecule has 2 N–H and O–H groups in total. The van der Waals surface area contributed by atoms with E-state index in [4.69, 9.17) is 0 Å². The monoisotopic (exact) mass is 266 g/mol. The molecule has 0 aromatic carbocycles. The average molecular weight is 266 g/mol. The summed E-state index contributed by atoms with van der Waals surface area (Å²) >= 11 is 0. The molecule has 0 aromatic heterocycles. The van der Waals surface area contributed by atoms with Gasteiger partial charge >= 0.3 is 0 Å². The van der Waals surface area contributed by atoms with Crippen molar-refractivity contribution in [2.45, 2.75) is 72.4 Å². The van der Waals surface area contributed by atoms with Crippen molar-refractivity contribution in [3.63, 3.8) is 0 Å². The number of hydrogen-bond donors (Lipinski definition) is 2. The first-order valence-corrected chi connectivity index (χ1v) is 7.61. The molecular formula is C16H30N2O. The maximum atomic E-state index is 12.1. The lowest BCUT2D eigenvalue weighted by Gasteiger charge is -2.39.